The summed E-state index contributed by atoms with van der Waals surface area (Å²) < 4.78 is 7.41. The Bertz CT molecular complexity index is 926. The normalized spacial score (nSPS) is 14.1. The lowest BCUT2D eigenvalue weighted by Gasteiger charge is -2.40. The molecular formula is C22H23N3O2. The molecule has 1 amide bonds. The van der Waals surface area contributed by atoms with Gasteiger partial charge in [-0.25, -0.2) is 4.98 Å². The van der Waals surface area contributed by atoms with Crippen molar-refractivity contribution in [3.63, 3.8) is 0 Å². The van der Waals surface area contributed by atoms with Gasteiger partial charge in [0.05, 0.1) is 7.11 Å². The van der Waals surface area contributed by atoms with Crippen LogP contribution in [-0.2, 0) is 6.54 Å². The first kappa shape index (κ1) is 17.3. The molecule has 5 heteroatoms. The maximum absolute atomic E-state index is 12.6. The third kappa shape index (κ3) is 3.45. The second-order valence-electron chi connectivity index (χ2n) is 7.00. The molecule has 1 aliphatic rings. The van der Waals surface area contributed by atoms with E-state index in [0.29, 0.717) is 11.5 Å². The van der Waals surface area contributed by atoms with E-state index in [0.717, 1.165) is 42.5 Å². The summed E-state index contributed by atoms with van der Waals surface area (Å²) in [6.07, 6.45) is 1.92. The predicted octanol–water partition coefficient (Wildman–Crippen LogP) is 3.64. The van der Waals surface area contributed by atoms with E-state index in [9.17, 15) is 4.79 Å². The number of ether oxygens (including phenoxy) is 1. The Morgan fingerprint density at radius 3 is 2.48 bits per heavy atom. The lowest BCUT2D eigenvalue weighted by molar-refractivity contribution is 0.0469. The fourth-order valence-electron chi connectivity index (χ4n) is 3.53. The van der Waals surface area contributed by atoms with Crippen molar-refractivity contribution >= 4 is 5.91 Å². The maximum atomic E-state index is 12.6. The largest absolute Gasteiger partial charge is 0.497 e. The van der Waals surface area contributed by atoms with Crippen LogP contribution in [0.3, 0.4) is 0 Å². The topological polar surface area (TPSA) is 47.4 Å². The monoisotopic (exact) mass is 361 g/mol. The van der Waals surface area contributed by atoms with E-state index in [-0.39, 0.29) is 5.91 Å². The molecule has 0 N–H and O–H groups in total. The molecule has 5 nitrogen and oxygen atoms in total. The average Bonchev–Trinajstić information content (AvgIpc) is 3.05. The number of imidazole rings is 1. The first-order valence-corrected chi connectivity index (χ1v) is 9.16. The zero-order valence-electron chi connectivity index (χ0n) is 15.6. The highest BCUT2D eigenvalue weighted by Crippen LogP contribution is 2.25. The quantitative estimate of drug-likeness (QED) is 0.697. The summed E-state index contributed by atoms with van der Waals surface area (Å²) in [5.41, 5.74) is 2.97. The van der Waals surface area contributed by atoms with Gasteiger partial charge in [-0.2, -0.15) is 0 Å². The van der Waals surface area contributed by atoms with Crippen LogP contribution in [0.2, 0.25) is 0 Å². The van der Waals surface area contributed by atoms with E-state index in [4.69, 9.17) is 4.74 Å². The van der Waals surface area contributed by atoms with Gasteiger partial charge in [0.25, 0.3) is 5.91 Å². The molecule has 1 aromatic heterocycles. The molecule has 27 heavy (non-hydrogen) atoms. The Morgan fingerprint density at radius 1 is 1.11 bits per heavy atom. The molecule has 4 rings (SSSR count). The molecule has 0 spiro atoms. The van der Waals surface area contributed by atoms with Crippen LogP contribution in [0, 0.1) is 12.8 Å². The summed E-state index contributed by atoms with van der Waals surface area (Å²) in [5, 5.41) is 0. The summed E-state index contributed by atoms with van der Waals surface area (Å²) in [4.78, 5) is 19.1. The number of benzene rings is 2. The maximum Gasteiger partial charge on any atom is 0.253 e. The van der Waals surface area contributed by atoms with Crippen molar-refractivity contribution in [2.75, 3.05) is 20.2 Å². The molecule has 0 radical (unpaired) electrons. The Balaban J connectivity index is 1.41. The fourth-order valence-corrected chi connectivity index (χ4v) is 3.53. The van der Waals surface area contributed by atoms with Gasteiger partial charge in [-0.1, -0.05) is 30.3 Å². The molecule has 1 fully saturated rings. The van der Waals surface area contributed by atoms with Gasteiger partial charge in [0.2, 0.25) is 0 Å². The van der Waals surface area contributed by atoms with Gasteiger partial charge < -0.3 is 14.2 Å². The zero-order chi connectivity index (χ0) is 18.8. The Labute approximate surface area is 159 Å². The van der Waals surface area contributed by atoms with E-state index in [1.807, 2.05) is 53.6 Å². The number of hydrogen-bond acceptors (Lipinski definition) is 3. The number of methoxy groups -OCH3 is 1. The van der Waals surface area contributed by atoms with Gasteiger partial charge in [-0.3, -0.25) is 4.79 Å². The molecular weight excluding hydrogens is 338 g/mol. The number of carbonyl (C=O) groups excluding carboxylic acids is 1. The molecule has 0 saturated carbocycles. The van der Waals surface area contributed by atoms with Crippen molar-refractivity contribution in [1.82, 2.24) is 14.5 Å². The Kier molecular flexibility index (Phi) is 4.67. The van der Waals surface area contributed by atoms with E-state index in [1.54, 1.807) is 7.11 Å². The van der Waals surface area contributed by atoms with Crippen molar-refractivity contribution in [3.8, 4) is 17.1 Å². The fraction of sp³-hybridized carbons (Fsp3) is 0.273. The molecule has 0 atom stereocenters. The number of likely N-dealkylation sites (tertiary alicyclic amines) is 1. The number of aromatic nitrogens is 2. The average molecular weight is 361 g/mol. The van der Waals surface area contributed by atoms with Gasteiger partial charge in [0.1, 0.15) is 11.6 Å². The second-order valence-corrected chi connectivity index (χ2v) is 7.00. The minimum Gasteiger partial charge on any atom is -0.497 e. The van der Waals surface area contributed by atoms with Crippen molar-refractivity contribution in [2.24, 2.45) is 5.92 Å². The lowest BCUT2D eigenvalue weighted by atomic mass is 9.98. The van der Waals surface area contributed by atoms with Crippen molar-refractivity contribution in [1.29, 1.82) is 0 Å². The standard InChI is InChI=1S/C22H23N3O2/c1-16-12-23-21(18-6-4-3-5-7-18)25(16)15-17-13-24(14-17)22(26)19-8-10-20(27-2)11-9-19/h3-12,17H,13-15H2,1-2H3. The Hall–Kier alpha value is -3.08. The number of nitrogens with zero attached hydrogens (tertiary/aromatic N) is 3. The van der Waals surface area contributed by atoms with Crippen LogP contribution < -0.4 is 4.74 Å². The highest BCUT2D eigenvalue weighted by Gasteiger charge is 2.32. The molecule has 3 aromatic rings. The first-order valence-electron chi connectivity index (χ1n) is 9.16. The number of amides is 1. The predicted molar refractivity (Wildman–Crippen MR) is 105 cm³/mol. The van der Waals surface area contributed by atoms with E-state index in [1.165, 1.54) is 0 Å². The van der Waals surface area contributed by atoms with E-state index >= 15 is 0 Å². The molecule has 1 saturated heterocycles. The van der Waals surface area contributed by atoms with Gasteiger partial charge >= 0.3 is 0 Å². The van der Waals surface area contributed by atoms with Gasteiger partial charge in [-0.15, -0.1) is 0 Å². The molecule has 1 aliphatic heterocycles. The van der Waals surface area contributed by atoms with E-state index < -0.39 is 0 Å². The van der Waals surface area contributed by atoms with Crippen LogP contribution in [0.25, 0.3) is 11.4 Å². The molecule has 138 valence electrons. The van der Waals surface area contributed by atoms with Crippen LogP contribution >= 0.6 is 0 Å². The van der Waals surface area contributed by atoms with Gasteiger partial charge in [0, 0.05) is 48.6 Å². The molecule has 0 unspecified atom stereocenters. The minimum atomic E-state index is 0.0829. The lowest BCUT2D eigenvalue weighted by Crippen LogP contribution is -2.51. The van der Waals surface area contributed by atoms with Crippen LogP contribution in [0.1, 0.15) is 16.1 Å². The van der Waals surface area contributed by atoms with Crippen molar-refractivity contribution in [2.45, 2.75) is 13.5 Å². The van der Waals surface area contributed by atoms with Gasteiger partial charge in [-0.05, 0) is 31.2 Å². The van der Waals surface area contributed by atoms with Crippen molar-refractivity contribution in [3.05, 3.63) is 72.1 Å². The summed E-state index contributed by atoms with van der Waals surface area (Å²) in [5.74, 6) is 2.28. The van der Waals surface area contributed by atoms with Crippen LogP contribution in [0.15, 0.2) is 60.8 Å². The summed E-state index contributed by atoms with van der Waals surface area (Å²) in [6.45, 7) is 4.51. The van der Waals surface area contributed by atoms with Gasteiger partial charge in [0.15, 0.2) is 0 Å². The second kappa shape index (κ2) is 7.27. The molecule has 2 heterocycles. The SMILES string of the molecule is COc1ccc(C(=O)N2CC(Cn3c(C)cnc3-c3ccccc3)C2)cc1. The number of aryl methyl sites for hydroxylation is 1. The smallest absolute Gasteiger partial charge is 0.253 e. The Morgan fingerprint density at radius 2 is 1.81 bits per heavy atom. The molecule has 0 aliphatic carbocycles. The van der Waals surface area contributed by atoms with Crippen LogP contribution in [0.4, 0.5) is 0 Å². The minimum absolute atomic E-state index is 0.0829. The van der Waals surface area contributed by atoms with E-state index in [2.05, 4.69) is 28.6 Å². The van der Waals surface area contributed by atoms with Crippen molar-refractivity contribution < 1.29 is 9.53 Å². The highest BCUT2D eigenvalue weighted by atomic mass is 16.5. The van der Waals surface area contributed by atoms with Crippen LogP contribution in [-0.4, -0.2) is 40.6 Å². The third-order valence-corrected chi connectivity index (χ3v) is 5.11. The molecule has 0 bridgehead atoms. The number of rotatable bonds is 5. The summed E-state index contributed by atoms with van der Waals surface area (Å²) >= 11 is 0. The molecule has 2 aromatic carbocycles. The number of carbonyl (C=O) groups is 1. The third-order valence-electron chi connectivity index (χ3n) is 5.11. The zero-order valence-corrected chi connectivity index (χ0v) is 15.6. The number of hydrogen-bond donors (Lipinski definition) is 0. The first-order chi connectivity index (χ1) is 13.2. The summed E-state index contributed by atoms with van der Waals surface area (Å²) in [6, 6.07) is 17.5. The summed E-state index contributed by atoms with van der Waals surface area (Å²) in [7, 11) is 1.62. The van der Waals surface area contributed by atoms with Crippen LogP contribution in [0.5, 0.6) is 5.75 Å². The highest BCUT2D eigenvalue weighted by molar-refractivity contribution is 5.94.